The van der Waals surface area contributed by atoms with Crippen molar-refractivity contribution in [2.75, 3.05) is 44.2 Å². The lowest BCUT2D eigenvalue weighted by Crippen LogP contribution is -2.44. The van der Waals surface area contributed by atoms with Crippen molar-refractivity contribution in [1.29, 1.82) is 5.26 Å². The third-order valence-electron chi connectivity index (χ3n) is 6.73. The van der Waals surface area contributed by atoms with Gasteiger partial charge >= 0.3 is 6.18 Å². The number of carbonyl (C=O) groups is 2. The molecule has 1 aromatic carbocycles. The number of nitrogens with zero attached hydrogens (tertiary/aromatic N) is 5. The Labute approximate surface area is 220 Å². The van der Waals surface area contributed by atoms with E-state index in [1.54, 1.807) is 29.7 Å². The maximum atomic E-state index is 13.5. The Morgan fingerprint density at radius 1 is 1.14 bits per heavy atom. The fraction of sp³-hybridized carbons (Fsp3) is 0.583. The number of hydrogen-bond acceptors (Lipinski definition) is 5. The first kappa shape index (κ1) is 28.2. The Kier molecular flexibility index (Phi) is 8.90. The van der Waals surface area contributed by atoms with Gasteiger partial charge in [0.25, 0.3) is 11.1 Å². The molecule has 0 bridgehead atoms. The van der Waals surface area contributed by atoms with Crippen molar-refractivity contribution in [3.63, 3.8) is 0 Å². The quantitative estimate of drug-likeness (QED) is 0.311. The van der Waals surface area contributed by atoms with Gasteiger partial charge in [0, 0.05) is 26.2 Å². The van der Waals surface area contributed by atoms with Gasteiger partial charge in [0.05, 0.1) is 22.9 Å². The second-order valence-electron chi connectivity index (χ2n) is 9.50. The van der Waals surface area contributed by atoms with Crippen molar-refractivity contribution in [3.8, 4) is 6.07 Å². The molecule has 2 aliphatic heterocycles. The van der Waals surface area contributed by atoms with Crippen molar-refractivity contribution in [3.05, 3.63) is 29.3 Å². The summed E-state index contributed by atoms with van der Waals surface area (Å²) in [6.45, 7) is 7.94. The number of unbranched alkanes of at least 4 members (excludes halogenated alkanes) is 2. The number of amides is 2. The summed E-state index contributed by atoms with van der Waals surface area (Å²) in [6.07, 6.45) is -1.22. The smallest absolute Gasteiger partial charge is 0.334 e. The van der Waals surface area contributed by atoms with Crippen molar-refractivity contribution in [1.82, 2.24) is 14.7 Å². The number of thiol groups is 1. The molecule has 2 heterocycles. The standard InChI is InChI=1S/C24H30F3N5O2S2/c1-23(2)20(33)32(18-8-7-17(16-28)19(15-18)24(25,26)27)21(35)31(23)12-5-3-4-9-29-10-6-11-30(14-13-29)22(34)36/h7-8,15H,3-6,9-14H2,1-2H3,(H,34,36). The average molecular weight is 542 g/mol. The van der Waals surface area contributed by atoms with Crippen LogP contribution in [0.4, 0.5) is 23.7 Å². The molecule has 2 saturated heterocycles. The van der Waals surface area contributed by atoms with Gasteiger partial charge in [-0.2, -0.15) is 18.4 Å². The number of carbonyl (C=O) groups excluding carboxylic acids is 2. The molecule has 0 atom stereocenters. The van der Waals surface area contributed by atoms with E-state index in [1.165, 1.54) is 6.07 Å². The van der Waals surface area contributed by atoms with E-state index in [2.05, 4.69) is 17.5 Å². The minimum absolute atomic E-state index is 0.00167. The molecule has 0 N–H and O–H groups in total. The van der Waals surface area contributed by atoms with E-state index in [1.807, 2.05) is 0 Å². The molecule has 0 spiro atoms. The molecule has 2 aliphatic rings. The normalized spacial score (nSPS) is 19.0. The predicted octanol–water partition coefficient (Wildman–Crippen LogP) is 4.52. The van der Waals surface area contributed by atoms with Gasteiger partial charge < -0.3 is 14.7 Å². The highest BCUT2D eigenvalue weighted by Crippen LogP contribution is 2.38. The zero-order valence-electron chi connectivity index (χ0n) is 20.3. The van der Waals surface area contributed by atoms with Crippen LogP contribution in [0.1, 0.15) is 50.7 Å². The van der Waals surface area contributed by atoms with E-state index in [4.69, 9.17) is 17.5 Å². The van der Waals surface area contributed by atoms with Gasteiger partial charge in [-0.05, 0) is 76.6 Å². The summed E-state index contributed by atoms with van der Waals surface area (Å²) < 4.78 is 40.4. The molecule has 0 saturated carbocycles. The van der Waals surface area contributed by atoms with Gasteiger partial charge in [0.1, 0.15) is 5.54 Å². The van der Waals surface area contributed by atoms with Gasteiger partial charge in [-0.1, -0.05) is 19.0 Å². The minimum Gasteiger partial charge on any atom is -0.334 e. The Hall–Kier alpha value is -2.36. The van der Waals surface area contributed by atoms with Gasteiger partial charge in [0.2, 0.25) is 0 Å². The van der Waals surface area contributed by atoms with Gasteiger partial charge in [-0.15, -0.1) is 0 Å². The van der Waals surface area contributed by atoms with Crippen LogP contribution in [0.2, 0.25) is 0 Å². The number of thiocarbonyl (C=S) groups is 1. The van der Waals surface area contributed by atoms with Crippen molar-refractivity contribution in [2.24, 2.45) is 0 Å². The molecular weight excluding hydrogens is 511 g/mol. The maximum Gasteiger partial charge on any atom is 0.417 e. The SMILES string of the molecule is CC1(C)C(=O)N(c2ccc(C#N)c(C(F)(F)F)c2)C(=S)N1CCCCCN1CCCN(C(=O)S)CC1. The molecule has 12 heteroatoms. The van der Waals surface area contributed by atoms with E-state index in [0.717, 1.165) is 62.4 Å². The first-order valence-electron chi connectivity index (χ1n) is 11.9. The molecule has 0 aromatic heterocycles. The molecule has 2 fully saturated rings. The molecule has 0 unspecified atom stereocenters. The Balaban J connectivity index is 1.59. The molecule has 36 heavy (non-hydrogen) atoms. The fourth-order valence-corrected chi connectivity index (χ4v) is 5.32. The number of rotatable bonds is 7. The van der Waals surface area contributed by atoms with E-state index in [-0.39, 0.29) is 16.0 Å². The van der Waals surface area contributed by atoms with Crippen LogP contribution in [0.3, 0.4) is 0 Å². The number of alkyl halides is 3. The lowest BCUT2D eigenvalue weighted by molar-refractivity contribution is -0.137. The first-order chi connectivity index (χ1) is 16.9. The highest BCUT2D eigenvalue weighted by Gasteiger charge is 2.49. The van der Waals surface area contributed by atoms with Crippen molar-refractivity contribution in [2.45, 2.75) is 51.2 Å². The summed E-state index contributed by atoms with van der Waals surface area (Å²) in [4.78, 5) is 31.6. The van der Waals surface area contributed by atoms with Crippen LogP contribution in [-0.4, -0.2) is 75.8 Å². The van der Waals surface area contributed by atoms with E-state index < -0.39 is 28.7 Å². The molecule has 0 aliphatic carbocycles. The lowest BCUT2D eigenvalue weighted by atomic mass is 10.0. The molecule has 2 amide bonds. The molecular formula is C24H30F3N5O2S2. The summed E-state index contributed by atoms with van der Waals surface area (Å²) in [5.41, 5.74) is -2.60. The van der Waals surface area contributed by atoms with Gasteiger partial charge in [-0.25, -0.2) is 0 Å². The van der Waals surface area contributed by atoms with Crippen LogP contribution in [0.15, 0.2) is 18.2 Å². The van der Waals surface area contributed by atoms with Gasteiger partial charge in [0.15, 0.2) is 5.11 Å². The molecule has 3 rings (SSSR count). The van der Waals surface area contributed by atoms with Gasteiger partial charge in [-0.3, -0.25) is 14.5 Å². The van der Waals surface area contributed by atoms with Crippen LogP contribution in [0.5, 0.6) is 0 Å². The second kappa shape index (κ2) is 11.4. The monoisotopic (exact) mass is 541 g/mol. The molecule has 196 valence electrons. The molecule has 7 nitrogen and oxygen atoms in total. The van der Waals surface area contributed by atoms with Crippen molar-refractivity contribution >= 4 is 46.8 Å². The Morgan fingerprint density at radius 2 is 1.83 bits per heavy atom. The summed E-state index contributed by atoms with van der Waals surface area (Å²) in [5.74, 6) is -0.404. The highest BCUT2D eigenvalue weighted by molar-refractivity contribution is 7.96. The zero-order valence-corrected chi connectivity index (χ0v) is 22.1. The Morgan fingerprint density at radius 3 is 2.47 bits per heavy atom. The van der Waals surface area contributed by atoms with E-state index in [0.29, 0.717) is 19.6 Å². The fourth-order valence-electron chi connectivity index (χ4n) is 4.61. The number of nitriles is 1. The number of anilines is 1. The van der Waals surface area contributed by atoms with Crippen LogP contribution in [-0.2, 0) is 11.0 Å². The summed E-state index contributed by atoms with van der Waals surface area (Å²) in [5, 5.41) is 9.02. The lowest BCUT2D eigenvalue weighted by Gasteiger charge is -2.29. The number of benzene rings is 1. The average Bonchev–Trinajstić information content (AvgIpc) is 2.98. The number of hydrogen-bond donors (Lipinski definition) is 1. The summed E-state index contributed by atoms with van der Waals surface area (Å²) >= 11 is 9.44. The number of halogens is 3. The largest absolute Gasteiger partial charge is 0.417 e. The van der Waals surface area contributed by atoms with Crippen LogP contribution in [0.25, 0.3) is 0 Å². The molecule has 0 radical (unpaired) electrons. The van der Waals surface area contributed by atoms with Crippen molar-refractivity contribution < 1.29 is 22.8 Å². The van der Waals surface area contributed by atoms with E-state index in [9.17, 15) is 22.8 Å². The topological polar surface area (TPSA) is 70.9 Å². The minimum atomic E-state index is -4.73. The predicted molar refractivity (Wildman–Crippen MR) is 138 cm³/mol. The maximum absolute atomic E-state index is 13.5. The van der Waals surface area contributed by atoms with E-state index >= 15 is 0 Å². The summed E-state index contributed by atoms with van der Waals surface area (Å²) in [6, 6.07) is 4.75. The zero-order chi connectivity index (χ0) is 26.7. The third-order valence-corrected chi connectivity index (χ3v) is 7.41. The van der Waals surface area contributed by atoms with Crippen LogP contribution >= 0.6 is 24.8 Å². The first-order valence-corrected chi connectivity index (χ1v) is 12.7. The molecule has 1 aromatic rings. The Bertz CT molecular complexity index is 1060. The second-order valence-corrected chi connectivity index (χ2v) is 10.2. The highest BCUT2D eigenvalue weighted by atomic mass is 32.1. The third kappa shape index (κ3) is 6.12. The van der Waals surface area contributed by atoms with Crippen LogP contribution in [0, 0.1) is 11.3 Å². The summed E-state index contributed by atoms with van der Waals surface area (Å²) in [7, 11) is 0. The van der Waals surface area contributed by atoms with Crippen LogP contribution < -0.4 is 4.90 Å².